The Morgan fingerprint density at radius 1 is 1.47 bits per heavy atom. The van der Waals surface area contributed by atoms with Crippen molar-refractivity contribution in [1.29, 1.82) is 0 Å². The lowest BCUT2D eigenvalue weighted by Crippen LogP contribution is -2.41. The molecule has 0 saturated heterocycles. The molecule has 1 heterocycles. The highest BCUT2D eigenvalue weighted by molar-refractivity contribution is 5.75. The molecule has 1 aromatic rings. The summed E-state index contributed by atoms with van der Waals surface area (Å²) in [6, 6.07) is 2.01. The van der Waals surface area contributed by atoms with Crippen molar-refractivity contribution >= 4 is 5.97 Å². The van der Waals surface area contributed by atoms with Gasteiger partial charge in [0.2, 0.25) is 0 Å². The molecule has 108 valence electrons. The zero-order chi connectivity index (χ0) is 14.5. The Bertz CT molecular complexity index is 428. The molecule has 5 nitrogen and oxygen atoms in total. The molecule has 0 radical (unpaired) electrons. The predicted molar refractivity (Wildman–Crippen MR) is 75.0 cm³/mol. The highest BCUT2D eigenvalue weighted by atomic mass is 16.4. The van der Waals surface area contributed by atoms with E-state index in [-0.39, 0.29) is 6.54 Å². The lowest BCUT2D eigenvalue weighted by Gasteiger charge is -2.27. The maximum Gasteiger partial charge on any atom is 0.311 e. The Hall–Kier alpha value is -1.36. The van der Waals surface area contributed by atoms with Gasteiger partial charge in [-0.1, -0.05) is 20.3 Å². The molecule has 0 aliphatic rings. The molecule has 1 aromatic heterocycles. The minimum Gasteiger partial charge on any atom is -0.481 e. The fourth-order valence-corrected chi connectivity index (χ4v) is 2.46. The van der Waals surface area contributed by atoms with Crippen LogP contribution in [-0.2, 0) is 24.2 Å². The second-order valence-electron chi connectivity index (χ2n) is 5.01. The van der Waals surface area contributed by atoms with Crippen molar-refractivity contribution in [3.63, 3.8) is 0 Å². The van der Waals surface area contributed by atoms with Gasteiger partial charge in [0.1, 0.15) is 0 Å². The van der Waals surface area contributed by atoms with Crippen LogP contribution in [0.3, 0.4) is 0 Å². The van der Waals surface area contributed by atoms with Crippen molar-refractivity contribution in [2.24, 2.45) is 11.1 Å². The zero-order valence-corrected chi connectivity index (χ0v) is 12.1. The molecule has 0 amide bonds. The Labute approximate surface area is 114 Å². The summed E-state index contributed by atoms with van der Waals surface area (Å²) in [5.41, 5.74) is 6.87. The number of rotatable bonds is 8. The molecule has 3 N–H and O–H groups in total. The van der Waals surface area contributed by atoms with Gasteiger partial charge in [-0.3, -0.25) is 9.48 Å². The molecule has 5 heteroatoms. The van der Waals surface area contributed by atoms with Gasteiger partial charge >= 0.3 is 5.97 Å². The van der Waals surface area contributed by atoms with Crippen molar-refractivity contribution in [2.45, 2.75) is 53.0 Å². The molecule has 1 unspecified atom stereocenters. The number of nitrogens with zero attached hydrogens (tertiary/aromatic N) is 2. The van der Waals surface area contributed by atoms with Gasteiger partial charge in [-0.05, 0) is 25.8 Å². The number of hydrogen-bond acceptors (Lipinski definition) is 3. The van der Waals surface area contributed by atoms with E-state index in [1.165, 1.54) is 0 Å². The van der Waals surface area contributed by atoms with Crippen molar-refractivity contribution in [2.75, 3.05) is 6.54 Å². The average Bonchev–Trinajstić information content (AvgIpc) is 2.79. The molecule has 0 saturated carbocycles. The van der Waals surface area contributed by atoms with Crippen molar-refractivity contribution in [3.8, 4) is 0 Å². The van der Waals surface area contributed by atoms with Crippen LogP contribution in [0.25, 0.3) is 0 Å². The first kappa shape index (κ1) is 15.7. The van der Waals surface area contributed by atoms with Crippen LogP contribution in [-0.4, -0.2) is 27.4 Å². The first-order valence-electron chi connectivity index (χ1n) is 7.02. The summed E-state index contributed by atoms with van der Waals surface area (Å²) in [5, 5.41) is 14.0. The lowest BCUT2D eigenvalue weighted by atomic mass is 9.79. The number of aromatic nitrogens is 2. The number of carbonyl (C=O) groups is 1. The molecule has 1 atom stereocenters. The predicted octanol–water partition coefficient (Wildman–Crippen LogP) is 1.84. The number of aliphatic carboxylic acids is 1. The summed E-state index contributed by atoms with van der Waals surface area (Å²) in [7, 11) is 0. The third kappa shape index (κ3) is 3.35. The third-order valence-corrected chi connectivity index (χ3v) is 3.67. The Morgan fingerprint density at radius 3 is 2.58 bits per heavy atom. The average molecular weight is 267 g/mol. The van der Waals surface area contributed by atoms with Gasteiger partial charge < -0.3 is 10.8 Å². The number of nitrogens with two attached hydrogens (primary N) is 1. The third-order valence-electron chi connectivity index (χ3n) is 3.67. The van der Waals surface area contributed by atoms with Crippen LogP contribution in [0.4, 0.5) is 0 Å². The summed E-state index contributed by atoms with van der Waals surface area (Å²) < 4.78 is 1.89. The SMILES string of the molecule is CCCC(CN)(Cc1cc(CC)nn1CC)C(=O)O. The summed E-state index contributed by atoms with van der Waals surface area (Å²) in [6.45, 7) is 6.96. The zero-order valence-electron chi connectivity index (χ0n) is 12.1. The van der Waals surface area contributed by atoms with Crippen LogP contribution < -0.4 is 5.73 Å². The van der Waals surface area contributed by atoms with Gasteiger partial charge in [0.05, 0.1) is 11.1 Å². The normalized spacial score (nSPS) is 14.3. The highest BCUT2D eigenvalue weighted by Gasteiger charge is 2.37. The molecule has 0 aliphatic carbocycles. The van der Waals surface area contributed by atoms with Crippen LogP contribution in [0.2, 0.25) is 0 Å². The van der Waals surface area contributed by atoms with Crippen molar-refractivity contribution in [3.05, 3.63) is 17.5 Å². The van der Waals surface area contributed by atoms with Gasteiger partial charge in [-0.25, -0.2) is 0 Å². The van der Waals surface area contributed by atoms with Crippen LogP contribution in [0, 0.1) is 5.41 Å². The molecule has 0 spiro atoms. The van der Waals surface area contributed by atoms with Gasteiger partial charge in [0, 0.05) is 25.2 Å². The summed E-state index contributed by atoms with van der Waals surface area (Å²) in [4.78, 5) is 11.6. The Morgan fingerprint density at radius 2 is 2.16 bits per heavy atom. The molecule has 19 heavy (non-hydrogen) atoms. The minimum absolute atomic E-state index is 0.159. The maximum atomic E-state index is 11.6. The van der Waals surface area contributed by atoms with E-state index in [1.54, 1.807) is 0 Å². The molecule has 0 fully saturated rings. The van der Waals surface area contributed by atoms with E-state index in [2.05, 4.69) is 5.10 Å². The number of carboxylic acids is 1. The fourth-order valence-electron chi connectivity index (χ4n) is 2.46. The molecule has 0 aromatic carbocycles. The van der Waals surface area contributed by atoms with Crippen molar-refractivity contribution < 1.29 is 9.90 Å². The highest BCUT2D eigenvalue weighted by Crippen LogP contribution is 2.28. The smallest absolute Gasteiger partial charge is 0.311 e. The summed E-state index contributed by atoms with van der Waals surface area (Å²) in [6.07, 6.45) is 2.71. The van der Waals surface area contributed by atoms with E-state index in [0.29, 0.717) is 12.8 Å². The van der Waals surface area contributed by atoms with Gasteiger partial charge in [-0.15, -0.1) is 0 Å². The topological polar surface area (TPSA) is 81.1 Å². The molecular weight excluding hydrogens is 242 g/mol. The first-order chi connectivity index (χ1) is 9.02. The largest absolute Gasteiger partial charge is 0.481 e. The Balaban J connectivity index is 3.08. The van der Waals surface area contributed by atoms with Crippen LogP contribution in [0.5, 0.6) is 0 Å². The van der Waals surface area contributed by atoms with Gasteiger partial charge in [0.15, 0.2) is 0 Å². The van der Waals surface area contributed by atoms with Gasteiger partial charge in [-0.2, -0.15) is 5.10 Å². The van der Waals surface area contributed by atoms with E-state index >= 15 is 0 Å². The van der Waals surface area contributed by atoms with Crippen molar-refractivity contribution in [1.82, 2.24) is 9.78 Å². The second kappa shape index (κ2) is 6.70. The standard InChI is InChI=1S/C14H25N3O2/c1-4-7-14(10-15,13(18)19)9-12-8-11(5-2)16-17(12)6-3/h8H,4-7,9-10,15H2,1-3H3,(H,18,19). The van der Waals surface area contributed by atoms with E-state index in [9.17, 15) is 9.90 Å². The summed E-state index contributed by atoms with van der Waals surface area (Å²) in [5.74, 6) is -0.807. The minimum atomic E-state index is -0.868. The Kier molecular flexibility index (Phi) is 5.54. The van der Waals surface area contributed by atoms with E-state index in [1.807, 2.05) is 31.5 Å². The number of aryl methyl sites for hydroxylation is 2. The molecule has 1 rings (SSSR count). The van der Waals surface area contributed by atoms with Crippen LogP contribution in [0.1, 0.15) is 45.0 Å². The summed E-state index contributed by atoms with van der Waals surface area (Å²) >= 11 is 0. The van der Waals surface area contributed by atoms with E-state index in [0.717, 1.165) is 30.8 Å². The maximum absolute atomic E-state index is 11.6. The van der Waals surface area contributed by atoms with Gasteiger partial charge in [0.25, 0.3) is 0 Å². The fraction of sp³-hybridized carbons (Fsp3) is 0.714. The number of hydrogen-bond donors (Lipinski definition) is 2. The molecule has 0 aliphatic heterocycles. The molecular formula is C14H25N3O2. The quantitative estimate of drug-likeness (QED) is 0.753. The number of carboxylic acid groups (broad SMARTS) is 1. The monoisotopic (exact) mass is 267 g/mol. The lowest BCUT2D eigenvalue weighted by molar-refractivity contribution is -0.148. The second-order valence-corrected chi connectivity index (χ2v) is 5.01. The first-order valence-corrected chi connectivity index (χ1v) is 7.02. The van der Waals surface area contributed by atoms with E-state index in [4.69, 9.17) is 5.73 Å². The van der Waals surface area contributed by atoms with Crippen LogP contribution >= 0.6 is 0 Å². The molecule has 0 bridgehead atoms. The van der Waals surface area contributed by atoms with Crippen LogP contribution in [0.15, 0.2) is 6.07 Å². The van der Waals surface area contributed by atoms with E-state index < -0.39 is 11.4 Å².